The zero-order valence-electron chi connectivity index (χ0n) is 14.6. The summed E-state index contributed by atoms with van der Waals surface area (Å²) in [5.41, 5.74) is 0.749. The Morgan fingerprint density at radius 2 is 1.92 bits per heavy atom. The monoisotopic (exact) mass is 332 g/mol. The van der Waals surface area contributed by atoms with Crippen LogP contribution in [0.2, 0.25) is 0 Å². The normalized spacial score (nSPS) is 17.8. The minimum atomic E-state index is -0.737. The van der Waals surface area contributed by atoms with Gasteiger partial charge in [0.1, 0.15) is 0 Å². The summed E-state index contributed by atoms with van der Waals surface area (Å²) in [6, 6.07) is 8.51. The lowest BCUT2D eigenvalue weighted by Gasteiger charge is -2.28. The van der Waals surface area contributed by atoms with Crippen molar-refractivity contribution in [3.63, 3.8) is 0 Å². The number of benzene rings is 1. The SMILES string of the molecule is CCOC(=O)[C@H](NC(=O)CC(C)C1CCNCC1)c1ccccc1. The summed E-state index contributed by atoms with van der Waals surface area (Å²) in [4.78, 5) is 24.7. The van der Waals surface area contributed by atoms with Crippen LogP contribution in [-0.4, -0.2) is 31.6 Å². The first-order valence-electron chi connectivity index (χ1n) is 8.83. The molecule has 1 aromatic rings. The number of hydrogen-bond donors (Lipinski definition) is 2. The molecule has 1 saturated heterocycles. The van der Waals surface area contributed by atoms with Crippen LogP contribution in [0.3, 0.4) is 0 Å². The number of piperidine rings is 1. The van der Waals surface area contributed by atoms with Gasteiger partial charge in [-0.1, -0.05) is 37.3 Å². The number of nitrogens with one attached hydrogen (secondary N) is 2. The topological polar surface area (TPSA) is 67.4 Å². The summed E-state index contributed by atoms with van der Waals surface area (Å²) in [5, 5.41) is 6.20. The van der Waals surface area contributed by atoms with Crippen LogP contribution in [0.25, 0.3) is 0 Å². The predicted octanol–water partition coefficient (Wildman–Crippen LogP) is 2.43. The van der Waals surface area contributed by atoms with Crippen molar-refractivity contribution < 1.29 is 14.3 Å². The van der Waals surface area contributed by atoms with Crippen LogP contribution in [0.1, 0.15) is 44.7 Å². The summed E-state index contributed by atoms with van der Waals surface area (Å²) in [7, 11) is 0. The molecular formula is C19H28N2O3. The van der Waals surface area contributed by atoms with Crippen molar-refractivity contribution in [3.8, 4) is 0 Å². The molecule has 1 aliphatic rings. The molecule has 2 rings (SSSR count). The first-order chi connectivity index (χ1) is 11.6. The smallest absolute Gasteiger partial charge is 0.333 e. The number of amides is 1. The number of esters is 1. The largest absolute Gasteiger partial charge is 0.464 e. The van der Waals surface area contributed by atoms with E-state index in [4.69, 9.17) is 4.74 Å². The van der Waals surface area contributed by atoms with Gasteiger partial charge in [0, 0.05) is 6.42 Å². The van der Waals surface area contributed by atoms with Gasteiger partial charge in [0.15, 0.2) is 6.04 Å². The average Bonchev–Trinajstić information content (AvgIpc) is 2.61. The second-order valence-corrected chi connectivity index (χ2v) is 6.43. The molecule has 0 aliphatic carbocycles. The van der Waals surface area contributed by atoms with Gasteiger partial charge in [-0.2, -0.15) is 0 Å². The van der Waals surface area contributed by atoms with Gasteiger partial charge >= 0.3 is 5.97 Å². The van der Waals surface area contributed by atoms with Gasteiger partial charge in [0.05, 0.1) is 6.61 Å². The van der Waals surface area contributed by atoms with E-state index in [1.165, 1.54) is 0 Å². The maximum atomic E-state index is 12.5. The standard InChI is InChI=1S/C19H28N2O3/c1-3-24-19(23)18(16-7-5-4-6-8-16)21-17(22)13-14(2)15-9-11-20-12-10-15/h4-8,14-15,18,20H,3,9-13H2,1-2H3,(H,21,22)/t14?,18-/m1/s1. The van der Waals surface area contributed by atoms with Crippen molar-refractivity contribution in [2.45, 2.75) is 39.2 Å². The molecule has 5 heteroatoms. The summed E-state index contributed by atoms with van der Waals surface area (Å²) in [5.74, 6) is 0.370. The Morgan fingerprint density at radius 1 is 1.25 bits per heavy atom. The minimum absolute atomic E-state index is 0.0945. The van der Waals surface area contributed by atoms with Crippen LogP contribution in [0.4, 0.5) is 0 Å². The Bertz CT molecular complexity index is 527. The van der Waals surface area contributed by atoms with Gasteiger partial charge in [0.2, 0.25) is 5.91 Å². The molecule has 0 spiro atoms. The van der Waals surface area contributed by atoms with Crippen molar-refractivity contribution in [3.05, 3.63) is 35.9 Å². The van der Waals surface area contributed by atoms with Gasteiger partial charge in [-0.3, -0.25) is 4.79 Å². The molecule has 2 atom stereocenters. The van der Waals surface area contributed by atoms with Crippen LogP contribution in [-0.2, 0) is 14.3 Å². The second kappa shape index (κ2) is 9.42. The maximum Gasteiger partial charge on any atom is 0.333 e. The molecule has 1 aromatic carbocycles. The molecule has 0 radical (unpaired) electrons. The van der Waals surface area contributed by atoms with Crippen LogP contribution in [0.5, 0.6) is 0 Å². The molecule has 1 amide bonds. The third-order valence-corrected chi connectivity index (χ3v) is 4.66. The number of carbonyl (C=O) groups excluding carboxylic acids is 2. The molecule has 132 valence electrons. The van der Waals surface area contributed by atoms with Crippen molar-refractivity contribution in [2.24, 2.45) is 11.8 Å². The predicted molar refractivity (Wildman–Crippen MR) is 93.3 cm³/mol. The Labute approximate surface area is 144 Å². The molecule has 5 nitrogen and oxygen atoms in total. The van der Waals surface area contributed by atoms with E-state index in [9.17, 15) is 9.59 Å². The summed E-state index contributed by atoms with van der Waals surface area (Å²) in [6.45, 7) is 6.22. The molecule has 2 N–H and O–H groups in total. The lowest BCUT2D eigenvalue weighted by Crippen LogP contribution is -2.37. The van der Waals surface area contributed by atoms with Crippen LogP contribution >= 0.6 is 0 Å². The molecule has 0 bridgehead atoms. The Hall–Kier alpha value is -1.88. The Morgan fingerprint density at radius 3 is 2.54 bits per heavy atom. The van der Waals surface area contributed by atoms with E-state index in [-0.39, 0.29) is 5.91 Å². The Kier molecular flexibility index (Phi) is 7.25. The van der Waals surface area contributed by atoms with Gasteiger partial charge in [0.25, 0.3) is 0 Å². The minimum Gasteiger partial charge on any atom is -0.464 e. The first-order valence-corrected chi connectivity index (χ1v) is 8.83. The number of rotatable bonds is 7. The zero-order chi connectivity index (χ0) is 17.4. The van der Waals surface area contributed by atoms with Gasteiger partial charge < -0.3 is 15.4 Å². The van der Waals surface area contributed by atoms with Crippen LogP contribution in [0.15, 0.2) is 30.3 Å². The average molecular weight is 332 g/mol. The molecule has 1 heterocycles. The maximum absolute atomic E-state index is 12.5. The van der Waals surface area contributed by atoms with E-state index >= 15 is 0 Å². The fraction of sp³-hybridized carbons (Fsp3) is 0.579. The van der Waals surface area contributed by atoms with Crippen molar-refractivity contribution in [1.82, 2.24) is 10.6 Å². The van der Waals surface area contributed by atoms with Crippen molar-refractivity contribution in [2.75, 3.05) is 19.7 Å². The lowest BCUT2D eigenvalue weighted by molar-refractivity contribution is -0.147. The van der Waals surface area contributed by atoms with Gasteiger partial charge in [-0.25, -0.2) is 4.79 Å². The summed E-state index contributed by atoms with van der Waals surface area (Å²) in [6.07, 6.45) is 2.65. The quantitative estimate of drug-likeness (QED) is 0.753. The fourth-order valence-electron chi connectivity index (χ4n) is 3.24. The van der Waals surface area contributed by atoms with Gasteiger partial charge in [-0.05, 0) is 50.3 Å². The van der Waals surface area contributed by atoms with E-state index in [1.807, 2.05) is 30.3 Å². The van der Waals surface area contributed by atoms with E-state index in [1.54, 1.807) is 6.92 Å². The molecule has 0 aromatic heterocycles. The third kappa shape index (κ3) is 5.34. The molecule has 0 saturated carbocycles. The zero-order valence-corrected chi connectivity index (χ0v) is 14.6. The summed E-state index contributed by atoms with van der Waals surface area (Å²) < 4.78 is 5.12. The second-order valence-electron chi connectivity index (χ2n) is 6.43. The highest BCUT2D eigenvalue weighted by Crippen LogP contribution is 2.24. The molecule has 1 fully saturated rings. The van der Waals surface area contributed by atoms with Crippen LogP contribution < -0.4 is 10.6 Å². The molecule has 24 heavy (non-hydrogen) atoms. The highest BCUT2D eigenvalue weighted by molar-refractivity contribution is 5.85. The highest BCUT2D eigenvalue weighted by Gasteiger charge is 2.27. The van der Waals surface area contributed by atoms with Crippen LogP contribution in [0, 0.1) is 11.8 Å². The first kappa shape index (κ1) is 18.5. The summed E-state index contributed by atoms with van der Waals surface area (Å²) >= 11 is 0. The third-order valence-electron chi connectivity index (χ3n) is 4.66. The number of hydrogen-bond acceptors (Lipinski definition) is 4. The van der Waals surface area contributed by atoms with Crippen molar-refractivity contribution >= 4 is 11.9 Å². The number of ether oxygens (including phenoxy) is 1. The molecular weight excluding hydrogens is 304 g/mol. The van der Waals surface area contributed by atoms with Crippen molar-refractivity contribution in [1.29, 1.82) is 0 Å². The lowest BCUT2D eigenvalue weighted by atomic mass is 9.84. The fourth-order valence-corrected chi connectivity index (χ4v) is 3.24. The van der Waals surface area contributed by atoms with E-state index in [0.717, 1.165) is 31.5 Å². The van der Waals surface area contributed by atoms with Gasteiger partial charge in [-0.15, -0.1) is 0 Å². The highest BCUT2D eigenvalue weighted by atomic mass is 16.5. The molecule has 1 unspecified atom stereocenters. The number of carbonyl (C=O) groups is 2. The van der Waals surface area contributed by atoms with E-state index in [0.29, 0.717) is 24.9 Å². The van der Waals surface area contributed by atoms with E-state index in [2.05, 4.69) is 17.6 Å². The molecule has 1 aliphatic heterocycles. The van der Waals surface area contributed by atoms with E-state index < -0.39 is 12.0 Å². The Balaban J connectivity index is 1.97.